The number of rotatable bonds is 11. The van der Waals surface area contributed by atoms with E-state index >= 15 is 4.39 Å². The number of benzene rings is 3. The molecule has 2 aromatic heterocycles. The number of amides is 1. The molecule has 1 saturated heterocycles. The van der Waals surface area contributed by atoms with Crippen molar-refractivity contribution in [2.24, 2.45) is 0 Å². The number of nitrogens with zero attached hydrogens (tertiary/aromatic N) is 5. The van der Waals surface area contributed by atoms with Crippen LogP contribution >= 0.6 is 0 Å². The maximum atomic E-state index is 15.3. The van der Waals surface area contributed by atoms with Gasteiger partial charge in [-0.05, 0) is 56.8 Å². The highest BCUT2D eigenvalue weighted by Gasteiger charge is 2.18. The van der Waals surface area contributed by atoms with E-state index in [-0.39, 0.29) is 17.1 Å². The lowest BCUT2D eigenvalue weighted by molar-refractivity contribution is 0.102. The molecule has 0 atom stereocenters. The van der Waals surface area contributed by atoms with Crippen molar-refractivity contribution in [3.05, 3.63) is 107 Å². The van der Waals surface area contributed by atoms with E-state index in [9.17, 15) is 9.59 Å². The van der Waals surface area contributed by atoms with Gasteiger partial charge >= 0.3 is 0 Å². The Kier molecular flexibility index (Phi) is 9.93. The minimum atomic E-state index is -0.765. The number of hydrogen-bond acceptors (Lipinski definition) is 9. The number of carbonyl (C=O) groups is 1. The number of pyridine rings is 1. The van der Waals surface area contributed by atoms with Gasteiger partial charge in [-0.15, -0.1) is 0 Å². The van der Waals surface area contributed by atoms with Crippen LogP contribution in [0.25, 0.3) is 16.6 Å². The van der Waals surface area contributed by atoms with Gasteiger partial charge in [-0.3, -0.25) is 19.1 Å². The van der Waals surface area contributed by atoms with Crippen molar-refractivity contribution in [3.8, 4) is 28.7 Å². The molecule has 0 spiro atoms. The topological polar surface area (TPSA) is 111 Å². The molecule has 1 fully saturated rings. The molecule has 0 bridgehead atoms. The number of methoxy groups -OCH3 is 1. The van der Waals surface area contributed by atoms with E-state index in [0.717, 1.165) is 50.8 Å². The lowest BCUT2D eigenvalue weighted by Crippen LogP contribution is -2.44. The SMILES string of the molecule is COc1cc2c(Oc3ccc(NC(=O)c4nccn(-c5ccc(C)cc5)c4=O)cc3F)ccnc2cc1OCCCN1CCN(C)CC1. The summed E-state index contributed by atoms with van der Waals surface area (Å²) in [7, 11) is 3.70. The molecule has 1 N–H and O–H groups in total. The average molecular weight is 653 g/mol. The van der Waals surface area contributed by atoms with Crippen molar-refractivity contribution in [2.45, 2.75) is 13.3 Å². The first-order chi connectivity index (χ1) is 23.3. The minimum absolute atomic E-state index is 0.0664. The third-order valence-corrected chi connectivity index (χ3v) is 8.24. The van der Waals surface area contributed by atoms with Gasteiger partial charge in [0, 0.05) is 80.2 Å². The lowest BCUT2D eigenvalue weighted by atomic mass is 10.1. The van der Waals surface area contributed by atoms with Gasteiger partial charge in [0.05, 0.1) is 19.2 Å². The second-order valence-corrected chi connectivity index (χ2v) is 11.7. The Bertz CT molecular complexity index is 1980. The van der Waals surface area contributed by atoms with E-state index < -0.39 is 17.3 Å². The second-order valence-electron chi connectivity index (χ2n) is 11.7. The van der Waals surface area contributed by atoms with Gasteiger partial charge in [0.25, 0.3) is 11.5 Å². The number of nitrogens with one attached hydrogen (secondary N) is 1. The number of likely N-dealkylation sites (N-methyl/N-ethyl adjacent to an activating group) is 1. The molecule has 0 radical (unpaired) electrons. The van der Waals surface area contributed by atoms with Crippen LogP contribution in [0.3, 0.4) is 0 Å². The molecular formula is C36H37FN6O5. The second kappa shape index (κ2) is 14.6. The Labute approximate surface area is 277 Å². The summed E-state index contributed by atoms with van der Waals surface area (Å²) in [5.74, 6) is -0.112. The lowest BCUT2D eigenvalue weighted by Gasteiger charge is -2.32. The van der Waals surface area contributed by atoms with Crippen LogP contribution in [0.2, 0.25) is 0 Å². The van der Waals surface area contributed by atoms with Gasteiger partial charge in [0.2, 0.25) is 0 Å². The summed E-state index contributed by atoms with van der Waals surface area (Å²) >= 11 is 0. The van der Waals surface area contributed by atoms with Crippen LogP contribution in [-0.4, -0.2) is 83.7 Å². The van der Waals surface area contributed by atoms with Crippen molar-refractivity contribution in [1.29, 1.82) is 0 Å². The molecule has 248 valence electrons. The van der Waals surface area contributed by atoms with Crippen molar-refractivity contribution in [3.63, 3.8) is 0 Å². The highest BCUT2D eigenvalue weighted by atomic mass is 19.1. The minimum Gasteiger partial charge on any atom is -0.493 e. The van der Waals surface area contributed by atoms with Gasteiger partial charge in [0.15, 0.2) is 28.8 Å². The Morgan fingerprint density at radius 1 is 0.917 bits per heavy atom. The number of carbonyl (C=O) groups excluding carboxylic acids is 1. The van der Waals surface area contributed by atoms with E-state index in [1.807, 2.05) is 19.1 Å². The average Bonchev–Trinajstić information content (AvgIpc) is 3.09. The molecule has 1 amide bonds. The number of ether oxygens (including phenoxy) is 3. The molecule has 12 heteroatoms. The molecule has 0 unspecified atom stereocenters. The summed E-state index contributed by atoms with van der Waals surface area (Å²) in [4.78, 5) is 39.2. The summed E-state index contributed by atoms with van der Waals surface area (Å²) in [6.07, 6.45) is 5.30. The third-order valence-electron chi connectivity index (χ3n) is 8.24. The summed E-state index contributed by atoms with van der Waals surface area (Å²) in [5, 5.41) is 3.16. The first-order valence-corrected chi connectivity index (χ1v) is 15.7. The molecule has 0 aliphatic carbocycles. The number of fused-ring (bicyclic) bond motifs is 1. The Balaban J connectivity index is 1.13. The molecule has 6 rings (SSSR count). The number of aryl methyl sites for hydroxylation is 1. The Hall–Kier alpha value is -5.33. The standard InChI is InChI=1S/C36H37FN6O5/c1-24-5-8-26(9-6-24)43-15-13-39-34(36(43)45)35(44)40-25-7-10-31(28(37)21-25)48-30-11-12-38-29-23-33(32(46-3)22-27(29)30)47-20-4-14-42-18-16-41(2)17-19-42/h5-13,15,21-23H,4,14,16-20H2,1-3H3,(H,40,44). The number of halogens is 1. The molecule has 48 heavy (non-hydrogen) atoms. The summed E-state index contributed by atoms with van der Waals surface area (Å²) < 4.78 is 34.3. The normalized spacial score (nSPS) is 13.8. The van der Waals surface area contributed by atoms with Crippen molar-refractivity contribution in [1.82, 2.24) is 24.3 Å². The maximum absolute atomic E-state index is 15.3. The van der Waals surface area contributed by atoms with Gasteiger partial charge in [-0.25, -0.2) is 9.37 Å². The largest absolute Gasteiger partial charge is 0.493 e. The Morgan fingerprint density at radius 2 is 1.71 bits per heavy atom. The van der Waals surface area contributed by atoms with E-state index in [4.69, 9.17) is 14.2 Å². The molecule has 1 aliphatic heterocycles. The van der Waals surface area contributed by atoms with Crippen LogP contribution in [-0.2, 0) is 0 Å². The van der Waals surface area contributed by atoms with Crippen LogP contribution in [0.1, 0.15) is 22.5 Å². The maximum Gasteiger partial charge on any atom is 0.286 e. The van der Waals surface area contributed by atoms with E-state index in [2.05, 4.69) is 32.1 Å². The molecule has 11 nitrogen and oxygen atoms in total. The van der Waals surface area contributed by atoms with Crippen LogP contribution in [0.5, 0.6) is 23.0 Å². The van der Waals surface area contributed by atoms with Crippen molar-refractivity contribution < 1.29 is 23.4 Å². The smallest absolute Gasteiger partial charge is 0.286 e. The fraction of sp³-hybridized carbons (Fsp3) is 0.278. The van der Waals surface area contributed by atoms with Gasteiger partial charge in [0.1, 0.15) is 5.75 Å². The zero-order chi connectivity index (χ0) is 33.6. The van der Waals surface area contributed by atoms with Crippen LogP contribution < -0.4 is 25.1 Å². The number of piperazine rings is 1. The number of aromatic nitrogens is 3. The molecule has 1 aliphatic rings. The Morgan fingerprint density at radius 3 is 2.46 bits per heavy atom. The molecule has 5 aromatic rings. The zero-order valence-electron chi connectivity index (χ0n) is 27.1. The number of hydrogen-bond donors (Lipinski definition) is 1. The predicted molar refractivity (Wildman–Crippen MR) is 181 cm³/mol. The fourth-order valence-corrected chi connectivity index (χ4v) is 5.48. The highest BCUT2D eigenvalue weighted by molar-refractivity contribution is 6.02. The van der Waals surface area contributed by atoms with Crippen LogP contribution in [0, 0.1) is 12.7 Å². The van der Waals surface area contributed by atoms with Gasteiger partial charge < -0.3 is 29.3 Å². The van der Waals surface area contributed by atoms with Crippen LogP contribution in [0.15, 0.2) is 84.0 Å². The monoisotopic (exact) mass is 652 g/mol. The molecule has 3 heterocycles. The third kappa shape index (κ3) is 7.45. The van der Waals surface area contributed by atoms with Gasteiger partial charge in [-0.2, -0.15) is 0 Å². The quantitative estimate of drug-likeness (QED) is 0.190. The summed E-state index contributed by atoms with van der Waals surface area (Å²) in [6, 6.07) is 16.5. The predicted octanol–water partition coefficient (Wildman–Crippen LogP) is 5.30. The molecular weight excluding hydrogens is 615 g/mol. The summed E-state index contributed by atoms with van der Waals surface area (Å²) in [5.41, 5.74) is 1.43. The first kappa shape index (κ1) is 32.6. The fourth-order valence-electron chi connectivity index (χ4n) is 5.48. The van der Waals surface area contributed by atoms with E-state index in [1.165, 1.54) is 29.1 Å². The van der Waals surface area contributed by atoms with E-state index in [1.54, 1.807) is 43.6 Å². The zero-order valence-corrected chi connectivity index (χ0v) is 27.1. The van der Waals surface area contributed by atoms with Crippen molar-refractivity contribution >= 4 is 22.5 Å². The highest BCUT2D eigenvalue weighted by Crippen LogP contribution is 2.38. The van der Waals surface area contributed by atoms with Gasteiger partial charge in [-0.1, -0.05) is 17.7 Å². The first-order valence-electron chi connectivity index (χ1n) is 15.7. The van der Waals surface area contributed by atoms with Crippen molar-refractivity contribution in [2.75, 3.05) is 58.8 Å². The van der Waals surface area contributed by atoms with Crippen LogP contribution in [0.4, 0.5) is 10.1 Å². The molecule has 0 saturated carbocycles. The summed E-state index contributed by atoms with van der Waals surface area (Å²) in [6.45, 7) is 7.70. The molecule has 3 aromatic carbocycles. The number of anilines is 1. The van der Waals surface area contributed by atoms with E-state index in [0.29, 0.717) is 40.4 Å².